The highest BCUT2D eigenvalue weighted by molar-refractivity contribution is 5.13. The van der Waals surface area contributed by atoms with E-state index in [2.05, 4.69) is 42.2 Å². The molecular weight excluding hydrogens is 224 g/mol. The van der Waals surface area contributed by atoms with Crippen LogP contribution in [0.2, 0.25) is 0 Å². The lowest BCUT2D eigenvalue weighted by atomic mass is 10.1. The summed E-state index contributed by atoms with van der Waals surface area (Å²) in [6.45, 7) is 6.50. The second-order valence-electron chi connectivity index (χ2n) is 4.69. The quantitative estimate of drug-likeness (QED) is 0.879. The number of hydrogen-bond acceptors (Lipinski definition) is 3. The molecule has 0 saturated carbocycles. The Morgan fingerprint density at radius 3 is 2.61 bits per heavy atom. The average Bonchev–Trinajstić information content (AvgIpc) is 2.92. The summed E-state index contributed by atoms with van der Waals surface area (Å²) in [5.74, 6) is 0. The molecule has 0 unspecified atom stereocenters. The predicted molar refractivity (Wildman–Crippen MR) is 72.2 cm³/mol. The molecule has 0 spiro atoms. The van der Waals surface area contributed by atoms with Crippen LogP contribution in [0.5, 0.6) is 0 Å². The van der Waals surface area contributed by atoms with Crippen LogP contribution in [0.3, 0.4) is 0 Å². The molecule has 3 atom stereocenters. The summed E-state index contributed by atoms with van der Waals surface area (Å²) in [7, 11) is 0. The van der Waals surface area contributed by atoms with Crippen LogP contribution in [0.25, 0.3) is 0 Å². The van der Waals surface area contributed by atoms with E-state index in [1.807, 2.05) is 35.4 Å². The molecule has 0 saturated heterocycles. The van der Waals surface area contributed by atoms with E-state index in [1.165, 1.54) is 5.56 Å². The zero-order chi connectivity index (χ0) is 13.0. The summed E-state index contributed by atoms with van der Waals surface area (Å²) < 4.78 is 1.98. The van der Waals surface area contributed by atoms with Gasteiger partial charge in [0.2, 0.25) is 0 Å². The van der Waals surface area contributed by atoms with Gasteiger partial charge in [-0.2, -0.15) is 5.10 Å². The Kier molecular flexibility index (Phi) is 4.10. The maximum atomic E-state index is 4.28. The van der Waals surface area contributed by atoms with Crippen LogP contribution in [-0.2, 0) is 0 Å². The first-order valence-electron chi connectivity index (χ1n) is 6.33. The Morgan fingerprint density at radius 1 is 1.17 bits per heavy atom. The Morgan fingerprint density at radius 2 is 2.00 bits per heavy atom. The second-order valence-corrected chi connectivity index (χ2v) is 4.69. The summed E-state index contributed by atoms with van der Waals surface area (Å²) in [6, 6.07) is 6.95. The van der Waals surface area contributed by atoms with Crippen LogP contribution in [0, 0.1) is 0 Å². The fraction of sp³-hybridized carbons (Fsp3) is 0.429. The molecule has 0 amide bonds. The van der Waals surface area contributed by atoms with Gasteiger partial charge in [-0.25, -0.2) is 0 Å². The van der Waals surface area contributed by atoms with E-state index in [0.717, 1.165) is 0 Å². The van der Waals surface area contributed by atoms with Gasteiger partial charge in [0.1, 0.15) is 0 Å². The summed E-state index contributed by atoms with van der Waals surface area (Å²) >= 11 is 0. The van der Waals surface area contributed by atoms with Crippen molar-refractivity contribution >= 4 is 0 Å². The third kappa shape index (κ3) is 2.96. The van der Waals surface area contributed by atoms with Crippen LogP contribution < -0.4 is 5.32 Å². The number of pyridine rings is 1. The minimum atomic E-state index is 0.284. The van der Waals surface area contributed by atoms with Crippen molar-refractivity contribution in [1.82, 2.24) is 20.1 Å². The SMILES string of the molecule is C[C@H](N[C@H](C)[C@H](C)n1cccn1)c1cccnc1. The molecule has 4 nitrogen and oxygen atoms in total. The second kappa shape index (κ2) is 5.78. The van der Waals surface area contributed by atoms with Crippen LogP contribution in [-0.4, -0.2) is 20.8 Å². The lowest BCUT2D eigenvalue weighted by Crippen LogP contribution is -2.35. The monoisotopic (exact) mass is 244 g/mol. The lowest BCUT2D eigenvalue weighted by molar-refractivity contribution is 0.342. The first-order chi connectivity index (χ1) is 8.68. The Balaban J connectivity index is 1.97. The summed E-state index contributed by atoms with van der Waals surface area (Å²) in [6.07, 6.45) is 7.51. The summed E-state index contributed by atoms with van der Waals surface area (Å²) in [4.78, 5) is 4.15. The van der Waals surface area contributed by atoms with Crippen molar-refractivity contribution in [3.63, 3.8) is 0 Å². The first kappa shape index (κ1) is 12.8. The van der Waals surface area contributed by atoms with Crippen LogP contribution in [0.4, 0.5) is 0 Å². The average molecular weight is 244 g/mol. The molecule has 0 radical (unpaired) electrons. The number of nitrogens with one attached hydrogen (secondary N) is 1. The van der Waals surface area contributed by atoms with E-state index < -0.39 is 0 Å². The third-order valence-corrected chi connectivity index (χ3v) is 3.36. The van der Waals surface area contributed by atoms with Crippen molar-refractivity contribution in [3.05, 3.63) is 48.5 Å². The van der Waals surface area contributed by atoms with Gasteiger partial charge in [-0.15, -0.1) is 0 Å². The maximum Gasteiger partial charge on any atom is 0.0641 e. The molecule has 0 bridgehead atoms. The molecule has 2 aromatic rings. The topological polar surface area (TPSA) is 42.7 Å². The molecule has 2 rings (SSSR count). The van der Waals surface area contributed by atoms with Crippen molar-refractivity contribution in [3.8, 4) is 0 Å². The molecule has 2 aromatic heterocycles. The summed E-state index contributed by atoms with van der Waals surface area (Å²) in [5.41, 5.74) is 1.21. The van der Waals surface area contributed by atoms with Crippen molar-refractivity contribution in [1.29, 1.82) is 0 Å². The van der Waals surface area contributed by atoms with E-state index in [-0.39, 0.29) is 6.04 Å². The van der Waals surface area contributed by atoms with E-state index >= 15 is 0 Å². The number of aromatic nitrogens is 3. The fourth-order valence-electron chi connectivity index (χ4n) is 2.01. The van der Waals surface area contributed by atoms with Gasteiger partial charge >= 0.3 is 0 Å². The van der Waals surface area contributed by atoms with Crippen molar-refractivity contribution in [2.24, 2.45) is 0 Å². The molecule has 0 fully saturated rings. The first-order valence-corrected chi connectivity index (χ1v) is 6.33. The number of hydrogen-bond donors (Lipinski definition) is 1. The fourth-order valence-corrected chi connectivity index (χ4v) is 2.01. The van der Waals surface area contributed by atoms with Crippen molar-refractivity contribution < 1.29 is 0 Å². The minimum Gasteiger partial charge on any atom is -0.306 e. The normalized spacial score (nSPS) is 16.2. The van der Waals surface area contributed by atoms with Crippen molar-refractivity contribution in [2.75, 3.05) is 0 Å². The van der Waals surface area contributed by atoms with Crippen LogP contribution in [0.15, 0.2) is 43.0 Å². The molecule has 0 aliphatic carbocycles. The van der Waals surface area contributed by atoms with Crippen molar-refractivity contribution in [2.45, 2.75) is 38.9 Å². The zero-order valence-electron chi connectivity index (χ0n) is 11.1. The Labute approximate surface area is 108 Å². The lowest BCUT2D eigenvalue weighted by Gasteiger charge is -2.25. The molecule has 2 heterocycles. The molecule has 96 valence electrons. The van der Waals surface area contributed by atoms with Crippen LogP contribution in [0.1, 0.15) is 38.4 Å². The highest BCUT2D eigenvalue weighted by atomic mass is 15.3. The number of rotatable bonds is 5. The smallest absolute Gasteiger partial charge is 0.0641 e. The molecule has 4 heteroatoms. The van der Waals surface area contributed by atoms with Crippen LogP contribution >= 0.6 is 0 Å². The van der Waals surface area contributed by atoms with E-state index in [1.54, 1.807) is 6.20 Å². The van der Waals surface area contributed by atoms with E-state index in [0.29, 0.717) is 12.1 Å². The van der Waals surface area contributed by atoms with Gasteiger partial charge in [0.05, 0.1) is 6.04 Å². The molecule has 1 N–H and O–H groups in total. The standard InChI is InChI=1S/C14H20N4/c1-11(13(3)18-9-5-8-16-18)17-12(2)14-6-4-7-15-10-14/h4-13,17H,1-3H3/t11-,12+,13+/m1/s1. The van der Waals surface area contributed by atoms with Gasteiger partial charge in [0, 0.05) is 36.9 Å². The zero-order valence-corrected chi connectivity index (χ0v) is 11.1. The van der Waals surface area contributed by atoms with Gasteiger partial charge in [-0.3, -0.25) is 9.67 Å². The highest BCUT2D eigenvalue weighted by Gasteiger charge is 2.16. The highest BCUT2D eigenvalue weighted by Crippen LogP contribution is 2.15. The molecular formula is C14H20N4. The Hall–Kier alpha value is -1.68. The third-order valence-electron chi connectivity index (χ3n) is 3.36. The van der Waals surface area contributed by atoms with E-state index in [9.17, 15) is 0 Å². The molecule has 18 heavy (non-hydrogen) atoms. The predicted octanol–water partition coefficient (Wildman–Crippen LogP) is 2.58. The summed E-state index contributed by atoms with van der Waals surface area (Å²) in [5, 5.41) is 7.86. The molecule has 0 aromatic carbocycles. The largest absolute Gasteiger partial charge is 0.306 e. The van der Waals surface area contributed by atoms with Gasteiger partial charge in [-0.1, -0.05) is 6.07 Å². The maximum absolute atomic E-state index is 4.28. The van der Waals surface area contributed by atoms with Gasteiger partial charge < -0.3 is 5.32 Å². The van der Waals surface area contributed by atoms with Gasteiger partial charge in [0.25, 0.3) is 0 Å². The van der Waals surface area contributed by atoms with Gasteiger partial charge in [-0.05, 0) is 38.5 Å². The number of nitrogens with zero attached hydrogens (tertiary/aromatic N) is 3. The van der Waals surface area contributed by atoms with Gasteiger partial charge in [0.15, 0.2) is 0 Å². The Bertz CT molecular complexity index is 452. The molecule has 0 aliphatic heterocycles. The van der Waals surface area contributed by atoms with E-state index in [4.69, 9.17) is 0 Å². The minimum absolute atomic E-state index is 0.284. The molecule has 0 aliphatic rings.